The third kappa shape index (κ3) is 2.47. The lowest BCUT2D eigenvalue weighted by Gasteiger charge is -2.03. The summed E-state index contributed by atoms with van der Waals surface area (Å²) >= 11 is 5.78. The Hall–Kier alpha value is -1.55. The second-order valence-electron chi connectivity index (χ2n) is 3.16. The molecule has 0 aromatic carbocycles. The van der Waals surface area contributed by atoms with Crippen molar-refractivity contribution in [1.29, 1.82) is 0 Å². The molecule has 2 aromatic heterocycles. The minimum Gasteiger partial charge on any atom is -0.373 e. The van der Waals surface area contributed by atoms with Crippen LogP contribution >= 0.6 is 11.6 Å². The topological polar surface area (TPSA) is 42.7 Å². The summed E-state index contributed by atoms with van der Waals surface area (Å²) in [5.74, 6) is 0.853. The molecule has 0 saturated heterocycles. The number of aromatic nitrogens is 3. The van der Waals surface area contributed by atoms with Crippen LogP contribution < -0.4 is 5.32 Å². The highest BCUT2D eigenvalue weighted by molar-refractivity contribution is 6.30. The van der Waals surface area contributed by atoms with E-state index in [4.69, 9.17) is 11.6 Å². The molecule has 0 spiro atoms. The van der Waals surface area contributed by atoms with Gasteiger partial charge >= 0.3 is 0 Å². The smallest absolute Gasteiger partial charge is 0.125 e. The van der Waals surface area contributed by atoms with E-state index >= 15 is 0 Å². The molecule has 0 atom stereocenters. The Labute approximate surface area is 92.9 Å². The summed E-state index contributed by atoms with van der Waals surface area (Å²) in [7, 11) is 1.84. The molecule has 15 heavy (non-hydrogen) atoms. The first-order valence-electron chi connectivity index (χ1n) is 4.58. The molecule has 5 heteroatoms. The summed E-state index contributed by atoms with van der Waals surface area (Å²) < 4.78 is 1.79. The van der Waals surface area contributed by atoms with Gasteiger partial charge in [0.15, 0.2) is 0 Å². The summed E-state index contributed by atoms with van der Waals surface area (Å²) in [5.41, 5.74) is 1.13. The third-order valence-electron chi connectivity index (χ3n) is 2.03. The summed E-state index contributed by atoms with van der Waals surface area (Å²) in [6, 6.07) is 3.94. The van der Waals surface area contributed by atoms with Gasteiger partial charge < -0.3 is 5.32 Å². The van der Waals surface area contributed by atoms with E-state index in [1.54, 1.807) is 23.3 Å². The summed E-state index contributed by atoms with van der Waals surface area (Å²) in [6.07, 6.45) is 5.19. The molecule has 1 N–H and O–H groups in total. The molecule has 0 fully saturated rings. The van der Waals surface area contributed by atoms with Crippen LogP contribution in [0.1, 0.15) is 5.56 Å². The number of pyridine rings is 1. The van der Waals surface area contributed by atoms with Crippen LogP contribution in [0.3, 0.4) is 0 Å². The number of halogens is 1. The molecule has 4 nitrogen and oxygen atoms in total. The largest absolute Gasteiger partial charge is 0.373 e. The van der Waals surface area contributed by atoms with E-state index in [-0.39, 0.29) is 0 Å². The van der Waals surface area contributed by atoms with E-state index in [1.165, 1.54) is 0 Å². The van der Waals surface area contributed by atoms with Crippen molar-refractivity contribution >= 4 is 17.4 Å². The fraction of sp³-hybridized carbons (Fsp3) is 0.200. The Bertz CT molecular complexity index is 452. The number of nitrogens with zero attached hydrogens (tertiary/aromatic N) is 3. The van der Waals surface area contributed by atoms with E-state index in [9.17, 15) is 0 Å². The lowest BCUT2D eigenvalue weighted by Crippen LogP contribution is -2.01. The van der Waals surface area contributed by atoms with Crippen LogP contribution in [0.15, 0.2) is 30.7 Å². The highest BCUT2D eigenvalue weighted by Gasteiger charge is 1.99. The molecule has 0 aliphatic rings. The molecule has 0 aliphatic heterocycles. The molecule has 2 heterocycles. The van der Waals surface area contributed by atoms with Crippen molar-refractivity contribution in [1.82, 2.24) is 14.8 Å². The minimum atomic E-state index is 0.651. The molecule has 2 rings (SSSR count). The van der Waals surface area contributed by atoms with Crippen LogP contribution in [0.2, 0.25) is 5.02 Å². The second kappa shape index (κ2) is 4.31. The molecule has 0 bridgehead atoms. The van der Waals surface area contributed by atoms with Crippen LogP contribution in [0, 0.1) is 0 Å². The van der Waals surface area contributed by atoms with Gasteiger partial charge in [-0.3, -0.25) is 4.68 Å². The second-order valence-corrected chi connectivity index (χ2v) is 3.59. The Balaban J connectivity index is 2.16. The number of nitrogens with one attached hydrogen (secondary N) is 1. The van der Waals surface area contributed by atoms with Crippen LogP contribution in [0.4, 0.5) is 5.82 Å². The van der Waals surface area contributed by atoms with Gasteiger partial charge in [0.25, 0.3) is 0 Å². The van der Waals surface area contributed by atoms with Crippen molar-refractivity contribution in [3.63, 3.8) is 0 Å². The van der Waals surface area contributed by atoms with Gasteiger partial charge in [0, 0.05) is 19.4 Å². The van der Waals surface area contributed by atoms with Crippen LogP contribution in [-0.4, -0.2) is 21.8 Å². The van der Waals surface area contributed by atoms with Crippen molar-refractivity contribution in [2.24, 2.45) is 0 Å². The number of anilines is 1. The fourth-order valence-electron chi connectivity index (χ4n) is 1.32. The maximum atomic E-state index is 5.78. The SMILES string of the molecule is CNc1cc(Cn2cc(Cl)cn2)ccn1. The van der Waals surface area contributed by atoms with Crippen LogP contribution in [0.25, 0.3) is 0 Å². The van der Waals surface area contributed by atoms with Crippen molar-refractivity contribution in [2.45, 2.75) is 6.54 Å². The van der Waals surface area contributed by atoms with Gasteiger partial charge in [0.05, 0.1) is 17.8 Å². The van der Waals surface area contributed by atoms with Gasteiger partial charge in [0.2, 0.25) is 0 Å². The fourth-order valence-corrected chi connectivity index (χ4v) is 1.48. The van der Waals surface area contributed by atoms with E-state index in [0.717, 1.165) is 11.4 Å². The summed E-state index contributed by atoms with van der Waals surface area (Å²) in [5, 5.41) is 7.75. The van der Waals surface area contributed by atoms with Gasteiger partial charge in [-0.2, -0.15) is 5.10 Å². The van der Waals surface area contributed by atoms with E-state index in [2.05, 4.69) is 15.4 Å². The van der Waals surface area contributed by atoms with Gasteiger partial charge in [-0.1, -0.05) is 11.6 Å². The zero-order valence-electron chi connectivity index (χ0n) is 8.31. The monoisotopic (exact) mass is 222 g/mol. The van der Waals surface area contributed by atoms with Crippen molar-refractivity contribution in [3.05, 3.63) is 41.3 Å². The number of hydrogen-bond acceptors (Lipinski definition) is 3. The first-order chi connectivity index (χ1) is 7.28. The molecule has 0 aliphatic carbocycles. The predicted molar refractivity (Wildman–Crippen MR) is 60.1 cm³/mol. The van der Waals surface area contributed by atoms with Crippen molar-refractivity contribution in [3.8, 4) is 0 Å². The summed E-state index contributed by atoms with van der Waals surface area (Å²) in [6.45, 7) is 0.698. The molecule has 2 aromatic rings. The Morgan fingerprint density at radius 1 is 1.53 bits per heavy atom. The molecule has 0 radical (unpaired) electrons. The van der Waals surface area contributed by atoms with Gasteiger partial charge in [-0.15, -0.1) is 0 Å². The average molecular weight is 223 g/mol. The molecule has 78 valence electrons. The number of rotatable bonds is 3. The first kappa shape index (κ1) is 9.98. The third-order valence-corrected chi connectivity index (χ3v) is 2.22. The molecular weight excluding hydrogens is 212 g/mol. The maximum Gasteiger partial charge on any atom is 0.125 e. The predicted octanol–water partition coefficient (Wildman–Crippen LogP) is 2.02. The Morgan fingerprint density at radius 2 is 2.40 bits per heavy atom. The molecule has 0 amide bonds. The molecule has 0 saturated carbocycles. The van der Waals surface area contributed by atoms with E-state index in [1.807, 2.05) is 19.2 Å². The number of hydrogen-bond donors (Lipinski definition) is 1. The van der Waals surface area contributed by atoms with Crippen LogP contribution in [-0.2, 0) is 6.54 Å². The zero-order chi connectivity index (χ0) is 10.7. The van der Waals surface area contributed by atoms with E-state index in [0.29, 0.717) is 11.6 Å². The Morgan fingerprint density at radius 3 is 3.07 bits per heavy atom. The minimum absolute atomic E-state index is 0.651. The molecule has 0 unspecified atom stereocenters. The highest BCUT2D eigenvalue weighted by Crippen LogP contribution is 2.10. The zero-order valence-corrected chi connectivity index (χ0v) is 9.07. The Kier molecular flexibility index (Phi) is 2.87. The lowest BCUT2D eigenvalue weighted by molar-refractivity contribution is 0.686. The maximum absolute atomic E-state index is 5.78. The summed E-state index contributed by atoms with van der Waals surface area (Å²) in [4.78, 5) is 4.14. The van der Waals surface area contributed by atoms with Gasteiger partial charge in [0.1, 0.15) is 5.82 Å². The highest BCUT2D eigenvalue weighted by atomic mass is 35.5. The normalized spacial score (nSPS) is 10.3. The van der Waals surface area contributed by atoms with Crippen LogP contribution in [0.5, 0.6) is 0 Å². The van der Waals surface area contributed by atoms with Crippen molar-refractivity contribution < 1.29 is 0 Å². The first-order valence-corrected chi connectivity index (χ1v) is 4.96. The average Bonchev–Trinajstić information content (AvgIpc) is 2.64. The lowest BCUT2D eigenvalue weighted by atomic mass is 10.2. The quantitative estimate of drug-likeness (QED) is 0.864. The molecular formula is C10H11ClN4. The van der Waals surface area contributed by atoms with Crippen molar-refractivity contribution in [2.75, 3.05) is 12.4 Å². The standard InChI is InChI=1S/C10H11ClN4/c1-12-10-4-8(2-3-13-10)6-15-7-9(11)5-14-15/h2-5,7H,6H2,1H3,(H,12,13). The van der Waals surface area contributed by atoms with Gasteiger partial charge in [-0.25, -0.2) is 4.98 Å². The van der Waals surface area contributed by atoms with E-state index < -0.39 is 0 Å². The van der Waals surface area contributed by atoms with Gasteiger partial charge in [-0.05, 0) is 17.7 Å².